The molecule has 1 saturated heterocycles. The van der Waals surface area contributed by atoms with Gasteiger partial charge in [0.05, 0.1) is 0 Å². The topological polar surface area (TPSA) is 66.6 Å². The number of hydrogen-bond acceptors (Lipinski definition) is 3. The SMILES string of the molecule is CC(C(=O)N(C)C)N1CC(N)C1=O. The molecule has 5 heteroatoms. The van der Waals surface area contributed by atoms with Crippen LogP contribution >= 0.6 is 0 Å². The molecule has 1 aliphatic heterocycles. The lowest BCUT2D eigenvalue weighted by Gasteiger charge is -2.40. The number of nitrogens with zero attached hydrogens (tertiary/aromatic N) is 2. The average molecular weight is 185 g/mol. The first kappa shape index (κ1) is 9.98. The molecule has 1 rings (SSSR count). The maximum Gasteiger partial charge on any atom is 0.244 e. The fourth-order valence-electron chi connectivity index (χ4n) is 1.34. The number of likely N-dealkylation sites (tertiary alicyclic amines) is 1. The number of carbonyl (C=O) groups is 2. The molecule has 0 radical (unpaired) electrons. The summed E-state index contributed by atoms with van der Waals surface area (Å²) in [4.78, 5) is 25.5. The molecule has 1 heterocycles. The predicted octanol–water partition coefficient (Wildman–Crippen LogP) is -1.37. The van der Waals surface area contributed by atoms with Crippen molar-refractivity contribution < 1.29 is 9.59 Å². The molecular weight excluding hydrogens is 170 g/mol. The van der Waals surface area contributed by atoms with Gasteiger partial charge in [0.2, 0.25) is 11.8 Å². The lowest BCUT2D eigenvalue weighted by atomic mass is 10.1. The summed E-state index contributed by atoms with van der Waals surface area (Å²) >= 11 is 0. The third kappa shape index (κ3) is 1.65. The minimum atomic E-state index is -0.405. The van der Waals surface area contributed by atoms with Crippen molar-refractivity contribution >= 4 is 11.8 Å². The molecule has 0 aliphatic carbocycles. The molecule has 2 N–H and O–H groups in total. The summed E-state index contributed by atoms with van der Waals surface area (Å²) in [5.74, 6) is -0.206. The highest BCUT2D eigenvalue weighted by Crippen LogP contribution is 2.13. The van der Waals surface area contributed by atoms with Gasteiger partial charge in [0.15, 0.2) is 0 Å². The summed E-state index contributed by atoms with van der Waals surface area (Å²) in [6.45, 7) is 2.20. The van der Waals surface area contributed by atoms with Crippen molar-refractivity contribution in [3.63, 3.8) is 0 Å². The van der Waals surface area contributed by atoms with E-state index < -0.39 is 6.04 Å². The van der Waals surface area contributed by atoms with E-state index in [1.807, 2.05) is 0 Å². The van der Waals surface area contributed by atoms with Gasteiger partial charge in [-0.25, -0.2) is 0 Å². The first-order valence-electron chi connectivity index (χ1n) is 4.22. The Morgan fingerprint density at radius 2 is 2.23 bits per heavy atom. The second-order valence-corrected chi connectivity index (χ2v) is 3.51. The van der Waals surface area contributed by atoms with Crippen LogP contribution in [-0.4, -0.2) is 54.3 Å². The predicted molar refractivity (Wildman–Crippen MR) is 47.8 cm³/mol. The van der Waals surface area contributed by atoms with Crippen LogP contribution in [0.2, 0.25) is 0 Å². The average Bonchev–Trinajstić information content (AvgIpc) is 2.10. The van der Waals surface area contributed by atoms with Crippen molar-refractivity contribution in [2.24, 2.45) is 5.73 Å². The molecule has 13 heavy (non-hydrogen) atoms. The van der Waals surface area contributed by atoms with Crippen LogP contribution < -0.4 is 5.73 Å². The maximum atomic E-state index is 11.4. The first-order valence-corrected chi connectivity index (χ1v) is 4.22. The normalized spacial score (nSPS) is 23.8. The van der Waals surface area contributed by atoms with Crippen LogP contribution in [0.3, 0.4) is 0 Å². The quantitative estimate of drug-likeness (QED) is 0.540. The zero-order valence-corrected chi connectivity index (χ0v) is 8.15. The largest absolute Gasteiger partial charge is 0.347 e. The van der Waals surface area contributed by atoms with Gasteiger partial charge in [0.25, 0.3) is 0 Å². The molecule has 0 saturated carbocycles. The highest BCUT2D eigenvalue weighted by molar-refractivity contribution is 5.93. The molecule has 74 valence electrons. The number of likely N-dealkylation sites (N-methyl/N-ethyl adjacent to an activating group) is 1. The van der Waals surface area contributed by atoms with Gasteiger partial charge in [-0.15, -0.1) is 0 Å². The second-order valence-electron chi connectivity index (χ2n) is 3.51. The third-order valence-electron chi connectivity index (χ3n) is 2.26. The molecular formula is C8H15N3O2. The smallest absolute Gasteiger partial charge is 0.244 e. The zero-order chi connectivity index (χ0) is 10.2. The van der Waals surface area contributed by atoms with Crippen LogP contribution in [0.5, 0.6) is 0 Å². The van der Waals surface area contributed by atoms with E-state index in [-0.39, 0.29) is 17.9 Å². The van der Waals surface area contributed by atoms with Crippen molar-refractivity contribution in [2.75, 3.05) is 20.6 Å². The Morgan fingerprint density at radius 1 is 1.69 bits per heavy atom. The van der Waals surface area contributed by atoms with Gasteiger partial charge in [-0.3, -0.25) is 9.59 Å². The molecule has 5 nitrogen and oxygen atoms in total. The Kier molecular flexibility index (Phi) is 2.56. The third-order valence-corrected chi connectivity index (χ3v) is 2.26. The number of carbonyl (C=O) groups excluding carboxylic acids is 2. The summed E-state index contributed by atoms with van der Waals surface area (Å²) in [6.07, 6.45) is 0. The summed E-state index contributed by atoms with van der Waals surface area (Å²) in [5.41, 5.74) is 5.41. The molecule has 0 bridgehead atoms. The van der Waals surface area contributed by atoms with Gasteiger partial charge in [0, 0.05) is 20.6 Å². The molecule has 1 aliphatic rings. The number of amides is 2. The van der Waals surface area contributed by atoms with E-state index in [0.717, 1.165) is 0 Å². The molecule has 0 aromatic rings. The van der Waals surface area contributed by atoms with Gasteiger partial charge >= 0.3 is 0 Å². The Hall–Kier alpha value is -1.10. The van der Waals surface area contributed by atoms with Crippen molar-refractivity contribution in [1.82, 2.24) is 9.80 Å². The molecule has 0 aromatic carbocycles. The summed E-state index contributed by atoms with van der Waals surface area (Å²) in [7, 11) is 3.34. The van der Waals surface area contributed by atoms with E-state index in [2.05, 4.69) is 0 Å². The van der Waals surface area contributed by atoms with Gasteiger partial charge in [-0.05, 0) is 6.92 Å². The monoisotopic (exact) mass is 185 g/mol. The van der Waals surface area contributed by atoms with Crippen LogP contribution in [0.25, 0.3) is 0 Å². The Morgan fingerprint density at radius 3 is 2.54 bits per heavy atom. The van der Waals surface area contributed by atoms with Crippen molar-refractivity contribution in [1.29, 1.82) is 0 Å². The van der Waals surface area contributed by atoms with Crippen LogP contribution in [0.4, 0.5) is 0 Å². The number of hydrogen-bond donors (Lipinski definition) is 1. The van der Waals surface area contributed by atoms with E-state index in [0.29, 0.717) is 6.54 Å². The lowest BCUT2D eigenvalue weighted by Crippen LogP contribution is -2.65. The minimum absolute atomic E-state index is 0.0692. The first-order chi connectivity index (χ1) is 5.95. The number of rotatable bonds is 2. The molecule has 0 spiro atoms. The summed E-state index contributed by atoms with van der Waals surface area (Å²) in [5, 5.41) is 0. The Balaban J connectivity index is 2.55. The highest BCUT2D eigenvalue weighted by atomic mass is 16.2. The van der Waals surface area contributed by atoms with Gasteiger partial charge in [0.1, 0.15) is 12.1 Å². The van der Waals surface area contributed by atoms with E-state index in [1.165, 1.54) is 9.80 Å². The fraction of sp³-hybridized carbons (Fsp3) is 0.750. The van der Waals surface area contributed by atoms with E-state index in [9.17, 15) is 9.59 Å². The molecule has 2 amide bonds. The van der Waals surface area contributed by atoms with Crippen LogP contribution in [0, 0.1) is 0 Å². The van der Waals surface area contributed by atoms with Crippen molar-refractivity contribution in [3.8, 4) is 0 Å². The number of β-lactam (4-membered cyclic amide) rings is 1. The van der Waals surface area contributed by atoms with E-state index in [4.69, 9.17) is 5.73 Å². The fourth-order valence-corrected chi connectivity index (χ4v) is 1.34. The number of nitrogens with two attached hydrogens (primary N) is 1. The van der Waals surface area contributed by atoms with Gasteiger partial charge in [-0.1, -0.05) is 0 Å². The zero-order valence-electron chi connectivity index (χ0n) is 8.15. The summed E-state index contributed by atoms with van der Waals surface area (Å²) in [6, 6.07) is -0.792. The van der Waals surface area contributed by atoms with Crippen molar-refractivity contribution in [2.45, 2.75) is 19.0 Å². The Labute approximate surface area is 77.5 Å². The van der Waals surface area contributed by atoms with E-state index in [1.54, 1.807) is 21.0 Å². The standard InChI is InChI=1S/C8H15N3O2/c1-5(7(12)10(2)3)11-4-6(9)8(11)13/h5-6H,4,9H2,1-3H3. The van der Waals surface area contributed by atoms with Crippen molar-refractivity contribution in [3.05, 3.63) is 0 Å². The lowest BCUT2D eigenvalue weighted by molar-refractivity contribution is -0.152. The van der Waals surface area contributed by atoms with Crippen LogP contribution in [-0.2, 0) is 9.59 Å². The maximum absolute atomic E-state index is 11.4. The molecule has 2 atom stereocenters. The van der Waals surface area contributed by atoms with E-state index >= 15 is 0 Å². The Bertz CT molecular complexity index is 240. The molecule has 2 unspecified atom stereocenters. The van der Waals surface area contributed by atoms with Gasteiger partial charge < -0.3 is 15.5 Å². The van der Waals surface area contributed by atoms with Gasteiger partial charge in [-0.2, -0.15) is 0 Å². The minimum Gasteiger partial charge on any atom is -0.347 e. The molecule has 1 fully saturated rings. The van der Waals surface area contributed by atoms with Crippen LogP contribution in [0.1, 0.15) is 6.92 Å². The highest BCUT2D eigenvalue weighted by Gasteiger charge is 2.39. The second kappa shape index (κ2) is 3.33. The van der Waals surface area contributed by atoms with Crippen LogP contribution in [0.15, 0.2) is 0 Å². The molecule has 0 aromatic heterocycles. The summed E-state index contributed by atoms with van der Waals surface area (Å²) < 4.78 is 0.